The molecule has 1 amide bonds. The molecule has 1 aliphatic heterocycles. The lowest BCUT2D eigenvalue weighted by Crippen LogP contribution is -2.22. The lowest BCUT2D eigenvalue weighted by molar-refractivity contribution is -0.384. The number of benzene rings is 2. The summed E-state index contributed by atoms with van der Waals surface area (Å²) in [5.74, 6) is 1.17. The predicted molar refractivity (Wildman–Crippen MR) is 97.1 cm³/mol. The second-order valence-electron chi connectivity index (χ2n) is 5.75. The van der Waals surface area contributed by atoms with Crippen molar-refractivity contribution < 1.29 is 19.2 Å². The topological polar surface area (TPSA) is 90.7 Å². The van der Waals surface area contributed by atoms with Crippen molar-refractivity contribution in [3.05, 3.63) is 63.0 Å². The van der Waals surface area contributed by atoms with Crippen LogP contribution in [0.1, 0.15) is 15.2 Å². The normalized spacial score (nSPS) is 12.8. The molecule has 0 saturated heterocycles. The van der Waals surface area contributed by atoms with Crippen LogP contribution in [0.15, 0.2) is 42.5 Å². The van der Waals surface area contributed by atoms with E-state index in [-0.39, 0.29) is 11.6 Å². The average molecular weight is 370 g/mol. The first-order chi connectivity index (χ1) is 12.6. The first-order valence-corrected chi connectivity index (χ1v) is 8.76. The van der Waals surface area contributed by atoms with Gasteiger partial charge in [0.05, 0.1) is 9.80 Å². The number of amides is 1. The Bertz CT molecular complexity index is 1010. The third kappa shape index (κ3) is 3.18. The van der Waals surface area contributed by atoms with Gasteiger partial charge in [0.2, 0.25) is 0 Å². The van der Waals surface area contributed by atoms with E-state index in [1.54, 1.807) is 12.1 Å². The van der Waals surface area contributed by atoms with Crippen molar-refractivity contribution in [1.82, 2.24) is 5.32 Å². The van der Waals surface area contributed by atoms with Crippen molar-refractivity contribution >= 4 is 33.0 Å². The molecule has 0 atom stereocenters. The number of nitro benzene ring substituents is 1. The number of carbonyl (C=O) groups is 1. The maximum atomic E-state index is 12.4. The van der Waals surface area contributed by atoms with Gasteiger partial charge in [-0.2, -0.15) is 0 Å². The first-order valence-electron chi connectivity index (χ1n) is 7.95. The van der Waals surface area contributed by atoms with E-state index in [9.17, 15) is 14.9 Å². The standard InChI is InChI=1S/C18H14N2O5S/c21-18(17-9-12-8-13(20(22)23)2-4-16(12)26-17)19-10-11-1-3-14-15(7-11)25-6-5-24-14/h1-4,7-9H,5-6,10H2,(H,19,21). The number of ether oxygens (including phenoxy) is 2. The minimum absolute atomic E-state index is 0.0125. The molecule has 1 N–H and O–H groups in total. The van der Waals surface area contributed by atoms with E-state index in [4.69, 9.17) is 9.47 Å². The summed E-state index contributed by atoms with van der Waals surface area (Å²) in [5.41, 5.74) is 0.915. The Morgan fingerprint density at radius 3 is 2.73 bits per heavy atom. The molecule has 0 saturated carbocycles. The second-order valence-corrected chi connectivity index (χ2v) is 6.83. The molecule has 0 unspecified atom stereocenters. The monoisotopic (exact) mass is 370 g/mol. The highest BCUT2D eigenvalue weighted by Crippen LogP contribution is 2.31. The van der Waals surface area contributed by atoms with E-state index >= 15 is 0 Å². The molecule has 1 aliphatic rings. The molecule has 0 bridgehead atoms. The highest BCUT2D eigenvalue weighted by molar-refractivity contribution is 7.20. The van der Waals surface area contributed by atoms with Crippen molar-refractivity contribution in [3.8, 4) is 11.5 Å². The van der Waals surface area contributed by atoms with Crippen molar-refractivity contribution in [1.29, 1.82) is 0 Å². The smallest absolute Gasteiger partial charge is 0.270 e. The maximum Gasteiger partial charge on any atom is 0.270 e. The molecule has 0 aliphatic carbocycles. The Labute approximate surface area is 152 Å². The van der Waals surface area contributed by atoms with Crippen LogP contribution in [0.4, 0.5) is 5.69 Å². The van der Waals surface area contributed by atoms with E-state index in [0.29, 0.717) is 41.5 Å². The van der Waals surface area contributed by atoms with Gasteiger partial charge in [0.25, 0.3) is 11.6 Å². The van der Waals surface area contributed by atoms with E-state index in [0.717, 1.165) is 10.3 Å². The fourth-order valence-corrected chi connectivity index (χ4v) is 3.68. The average Bonchev–Trinajstić information content (AvgIpc) is 3.09. The number of nitrogens with one attached hydrogen (secondary N) is 1. The summed E-state index contributed by atoms with van der Waals surface area (Å²) in [6.45, 7) is 1.40. The van der Waals surface area contributed by atoms with Gasteiger partial charge in [0.15, 0.2) is 11.5 Å². The minimum Gasteiger partial charge on any atom is -0.486 e. The number of nitro groups is 1. The quantitative estimate of drug-likeness (QED) is 0.561. The number of non-ortho nitro benzene ring substituents is 1. The molecule has 26 heavy (non-hydrogen) atoms. The van der Waals surface area contributed by atoms with Crippen molar-refractivity contribution in [2.24, 2.45) is 0 Å². The molecule has 2 heterocycles. The summed E-state index contributed by atoms with van der Waals surface area (Å²) < 4.78 is 11.8. The van der Waals surface area contributed by atoms with Gasteiger partial charge < -0.3 is 14.8 Å². The molecule has 3 aromatic rings. The number of hydrogen-bond donors (Lipinski definition) is 1. The molecule has 8 heteroatoms. The summed E-state index contributed by atoms with van der Waals surface area (Å²) in [7, 11) is 0. The highest BCUT2D eigenvalue weighted by Gasteiger charge is 2.15. The Morgan fingerprint density at radius 2 is 1.92 bits per heavy atom. The Kier molecular flexibility index (Phi) is 4.18. The molecular weight excluding hydrogens is 356 g/mol. The van der Waals surface area contributed by atoms with E-state index < -0.39 is 4.92 Å². The van der Waals surface area contributed by atoms with E-state index in [2.05, 4.69) is 5.32 Å². The number of nitrogens with zero attached hydrogens (tertiary/aromatic N) is 1. The summed E-state index contributed by atoms with van der Waals surface area (Å²) >= 11 is 1.30. The molecule has 0 radical (unpaired) electrons. The summed E-state index contributed by atoms with van der Waals surface area (Å²) in [4.78, 5) is 23.3. The van der Waals surface area contributed by atoms with Crippen molar-refractivity contribution in [3.63, 3.8) is 0 Å². The van der Waals surface area contributed by atoms with Crippen LogP contribution in [0.3, 0.4) is 0 Å². The number of carbonyl (C=O) groups excluding carboxylic acids is 1. The lowest BCUT2D eigenvalue weighted by Gasteiger charge is -2.18. The van der Waals surface area contributed by atoms with Crippen molar-refractivity contribution in [2.45, 2.75) is 6.54 Å². The Balaban J connectivity index is 1.48. The van der Waals surface area contributed by atoms with Gasteiger partial charge >= 0.3 is 0 Å². The van der Waals surface area contributed by atoms with Gasteiger partial charge in [-0.15, -0.1) is 11.3 Å². The van der Waals surface area contributed by atoms with E-state index in [1.807, 2.05) is 18.2 Å². The van der Waals surface area contributed by atoms with Crippen LogP contribution < -0.4 is 14.8 Å². The predicted octanol–water partition coefficient (Wildman–Crippen LogP) is 3.51. The number of thiophene rings is 1. The van der Waals surface area contributed by atoms with Gasteiger partial charge in [0, 0.05) is 28.8 Å². The van der Waals surface area contributed by atoms with Crippen LogP contribution in [0.25, 0.3) is 10.1 Å². The fraction of sp³-hybridized carbons (Fsp3) is 0.167. The SMILES string of the molecule is O=C(NCc1ccc2c(c1)OCCO2)c1cc2cc([N+](=O)[O-])ccc2s1. The van der Waals surface area contributed by atoms with Crippen LogP contribution in [0.5, 0.6) is 11.5 Å². The zero-order valence-electron chi connectivity index (χ0n) is 13.6. The number of fused-ring (bicyclic) bond motifs is 2. The van der Waals surface area contributed by atoms with Gasteiger partial charge in [-0.05, 0) is 29.8 Å². The molecule has 7 nitrogen and oxygen atoms in total. The maximum absolute atomic E-state index is 12.4. The minimum atomic E-state index is -0.446. The molecule has 2 aromatic carbocycles. The summed E-state index contributed by atoms with van der Waals surface area (Å²) in [5, 5.41) is 14.4. The van der Waals surface area contributed by atoms with Crippen molar-refractivity contribution in [2.75, 3.05) is 13.2 Å². The summed E-state index contributed by atoms with van der Waals surface area (Å²) in [6, 6.07) is 11.8. The first kappa shape index (κ1) is 16.3. The van der Waals surface area contributed by atoms with E-state index in [1.165, 1.54) is 23.5 Å². The molecular formula is C18H14N2O5S. The molecule has 0 spiro atoms. The van der Waals surface area contributed by atoms with Gasteiger partial charge in [-0.25, -0.2) is 0 Å². The molecule has 4 rings (SSSR count). The molecule has 132 valence electrons. The van der Waals surface area contributed by atoms with Crippen LogP contribution in [0.2, 0.25) is 0 Å². The van der Waals surface area contributed by atoms with Gasteiger partial charge in [-0.1, -0.05) is 6.07 Å². The van der Waals surface area contributed by atoms with Crippen LogP contribution in [0, 0.1) is 10.1 Å². The zero-order valence-corrected chi connectivity index (χ0v) is 14.4. The van der Waals surface area contributed by atoms with Crippen LogP contribution >= 0.6 is 11.3 Å². The lowest BCUT2D eigenvalue weighted by atomic mass is 10.2. The largest absolute Gasteiger partial charge is 0.486 e. The van der Waals surface area contributed by atoms with Gasteiger partial charge in [-0.3, -0.25) is 14.9 Å². The molecule has 1 aromatic heterocycles. The number of rotatable bonds is 4. The fourth-order valence-electron chi connectivity index (χ4n) is 2.72. The highest BCUT2D eigenvalue weighted by atomic mass is 32.1. The Hall–Kier alpha value is -3.13. The number of hydrogen-bond acceptors (Lipinski definition) is 6. The Morgan fingerprint density at radius 1 is 1.12 bits per heavy atom. The third-order valence-corrected chi connectivity index (χ3v) is 5.11. The van der Waals surface area contributed by atoms with Gasteiger partial charge in [0.1, 0.15) is 13.2 Å². The zero-order chi connectivity index (χ0) is 18.1. The third-order valence-electron chi connectivity index (χ3n) is 3.99. The summed E-state index contributed by atoms with van der Waals surface area (Å²) in [6.07, 6.45) is 0. The second kappa shape index (κ2) is 6.64. The van der Waals surface area contributed by atoms with Crippen LogP contribution in [-0.4, -0.2) is 24.0 Å². The van der Waals surface area contributed by atoms with Crippen LogP contribution in [-0.2, 0) is 6.54 Å². The molecule has 0 fully saturated rings.